The Kier molecular flexibility index (Phi) is 3.25. The van der Waals surface area contributed by atoms with E-state index in [0.29, 0.717) is 24.1 Å². The SMILES string of the molecule is CC1(C)[C@@H]2OCC[C@@H]2[C@@H]1OC(=O)CCc1nc(C2CC2)no1. The van der Waals surface area contributed by atoms with E-state index in [1.165, 1.54) is 0 Å². The Morgan fingerprint density at radius 2 is 2.18 bits per heavy atom. The molecule has 1 aromatic rings. The zero-order valence-electron chi connectivity index (χ0n) is 13.1. The molecule has 1 aliphatic heterocycles. The fraction of sp³-hybridized carbons (Fsp3) is 0.812. The molecule has 1 aromatic heterocycles. The maximum absolute atomic E-state index is 12.1. The fourth-order valence-electron chi connectivity index (χ4n) is 3.80. The highest BCUT2D eigenvalue weighted by atomic mass is 16.6. The number of carbonyl (C=O) groups is 1. The lowest BCUT2D eigenvalue weighted by Crippen LogP contribution is -2.61. The molecule has 3 atom stereocenters. The van der Waals surface area contributed by atoms with E-state index in [0.717, 1.165) is 31.7 Å². The molecule has 0 amide bonds. The Hall–Kier alpha value is -1.43. The molecule has 4 rings (SSSR count). The molecule has 0 N–H and O–H groups in total. The molecule has 120 valence electrons. The van der Waals surface area contributed by atoms with Crippen LogP contribution in [0.1, 0.15) is 57.2 Å². The minimum atomic E-state index is -0.186. The highest BCUT2D eigenvalue weighted by Crippen LogP contribution is 2.53. The van der Waals surface area contributed by atoms with Gasteiger partial charge in [0.15, 0.2) is 5.82 Å². The molecule has 6 nitrogen and oxygen atoms in total. The van der Waals surface area contributed by atoms with Gasteiger partial charge in [0.1, 0.15) is 6.10 Å². The van der Waals surface area contributed by atoms with Crippen molar-refractivity contribution in [2.75, 3.05) is 6.61 Å². The summed E-state index contributed by atoms with van der Waals surface area (Å²) in [5.74, 6) is 1.97. The lowest BCUT2D eigenvalue weighted by Gasteiger charge is -2.53. The number of nitrogens with zero attached hydrogens (tertiary/aromatic N) is 2. The van der Waals surface area contributed by atoms with Crippen LogP contribution in [-0.2, 0) is 20.7 Å². The largest absolute Gasteiger partial charge is 0.461 e. The van der Waals surface area contributed by atoms with Gasteiger partial charge in [-0.1, -0.05) is 19.0 Å². The minimum Gasteiger partial charge on any atom is -0.461 e. The number of esters is 1. The quantitative estimate of drug-likeness (QED) is 0.777. The second kappa shape index (κ2) is 5.05. The molecule has 0 spiro atoms. The van der Waals surface area contributed by atoms with Crippen LogP contribution in [0.25, 0.3) is 0 Å². The molecule has 0 bridgehead atoms. The smallest absolute Gasteiger partial charge is 0.306 e. The highest BCUT2D eigenvalue weighted by molar-refractivity contribution is 5.70. The summed E-state index contributed by atoms with van der Waals surface area (Å²) in [4.78, 5) is 16.4. The van der Waals surface area contributed by atoms with Gasteiger partial charge in [0.25, 0.3) is 0 Å². The summed E-state index contributed by atoms with van der Waals surface area (Å²) >= 11 is 0. The third kappa shape index (κ3) is 2.33. The Balaban J connectivity index is 1.29. The van der Waals surface area contributed by atoms with Crippen LogP contribution in [0.4, 0.5) is 0 Å². The summed E-state index contributed by atoms with van der Waals surface area (Å²) < 4.78 is 16.6. The first kappa shape index (κ1) is 14.2. The summed E-state index contributed by atoms with van der Waals surface area (Å²) in [5, 5.41) is 3.96. The number of ether oxygens (including phenoxy) is 2. The maximum Gasteiger partial charge on any atom is 0.306 e. The Labute approximate surface area is 129 Å². The molecule has 0 radical (unpaired) electrons. The van der Waals surface area contributed by atoms with E-state index >= 15 is 0 Å². The summed E-state index contributed by atoms with van der Waals surface area (Å²) in [6, 6.07) is 0. The van der Waals surface area contributed by atoms with Crippen LogP contribution in [-0.4, -0.2) is 34.9 Å². The third-order valence-electron chi connectivity index (χ3n) is 5.22. The Morgan fingerprint density at radius 1 is 1.36 bits per heavy atom. The van der Waals surface area contributed by atoms with Crippen LogP contribution in [0.5, 0.6) is 0 Å². The van der Waals surface area contributed by atoms with E-state index in [9.17, 15) is 4.79 Å². The monoisotopic (exact) mass is 306 g/mol. The van der Waals surface area contributed by atoms with Crippen LogP contribution in [0, 0.1) is 11.3 Å². The van der Waals surface area contributed by atoms with Crippen molar-refractivity contribution in [1.29, 1.82) is 0 Å². The molecule has 0 aromatic carbocycles. The molecule has 6 heteroatoms. The Bertz CT molecular complexity index is 578. The molecule has 2 heterocycles. The number of rotatable bonds is 5. The second-order valence-electron chi connectivity index (χ2n) is 7.30. The molecular formula is C16H22N2O4. The first-order valence-electron chi connectivity index (χ1n) is 8.19. The summed E-state index contributed by atoms with van der Waals surface area (Å²) in [5.41, 5.74) is -0.0829. The van der Waals surface area contributed by atoms with Crippen LogP contribution < -0.4 is 0 Å². The third-order valence-corrected chi connectivity index (χ3v) is 5.22. The summed E-state index contributed by atoms with van der Waals surface area (Å²) in [7, 11) is 0. The molecule has 22 heavy (non-hydrogen) atoms. The van der Waals surface area contributed by atoms with E-state index in [2.05, 4.69) is 24.0 Å². The van der Waals surface area contributed by atoms with E-state index in [1.807, 2.05) is 0 Å². The lowest BCUT2D eigenvalue weighted by molar-refractivity contribution is -0.210. The molecule has 1 saturated heterocycles. The van der Waals surface area contributed by atoms with Crippen molar-refractivity contribution >= 4 is 5.97 Å². The van der Waals surface area contributed by atoms with Crippen LogP contribution >= 0.6 is 0 Å². The van der Waals surface area contributed by atoms with Gasteiger partial charge in [-0.25, -0.2) is 0 Å². The second-order valence-corrected chi connectivity index (χ2v) is 7.30. The van der Waals surface area contributed by atoms with Crippen molar-refractivity contribution in [1.82, 2.24) is 10.1 Å². The van der Waals surface area contributed by atoms with E-state index < -0.39 is 0 Å². The molecule has 3 fully saturated rings. The number of aryl methyl sites for hydroxylation is 1. The van der Waals surface area contributed by atoms with Crippen molar-refractivity contribution in [2.45, 2.75) is 64.1 Å². The predicted molar refractivity (Wildman–Crippen MR) is 76.1 cm³/mol. The van der Waals surface area contributed by atoms with E-state index in [-0.39, 0.29) is 30.0 Å². The van der Waals surface area contributed by atoms with Gasteiger partial charge in [0.05, 0.1) is 12.5 Å². The van der Waals surface area contributed by atoms with Crippen LogP contribution in [0.3, 0.4) is 0 Å². The van der Waals surface area contributed by atoms with Crippen molar-refractivity contribution in [2.24, 2.45) is 11.3 Å². The molecular weight excluding hydrogens is 284 g/mol. The van der Waals surface area contributed by atoms with E-state index in [1.54, 1.807) is 0 Å². The number of aromatic nitrogens is 2. The van der Waals surface area contributed by atoms with Gasteiger partial charge in [-0.3, -0.25) is 4.79 Å². The van der Waals surface area contributed by atoms with Gasteiger partial charge in [-0.05, 0) is 19.3 Å². The van der Waals surface area contributed by atoms with Crippen molar-refractivity contribution < 1.29 is 18.8 Å². The lowest BCUT2D eigenvalue weighted by atomic mass is 9.59. The first-order chi connectivity index (χ1) is 10.6. The average molecular weight is 306 g/mol. The maximum atomic E-state index is 12.1. The van der Waals surface area contributed by atoms with Crippen molar-refractivity contribution in [3.05, 3.63) is 11.7 Å². The van der Waals surface area contributed by atoms with Gasteiger partial charge in [-0.2, -0.15) is 4.98 Å². The fourth-order valence-corrected chi connectivity index (χ4v) is 3.80. The summed E-state index contributed by atoms with van der Waals surface area (Å²) in [6.45, 7) is 4.99. The highest BCUT2D eigenvalue weighted by Gasteiger charge is 2.61. The minimum absolute atomic E-state index is 0.0304. The number of hydrogen-bond acceptors (Lipinski definition) is 6. The predicted octanol–water partition coefficient (Wildman–Crippen LogP) is 2.24. The average Bonchev–Trinajstić information content (AvgIpc) is 3.06. The topological polar surface area (TPSA) is 74.5 Å². The number of carbonyl (C=O) groups excluding carboxylic acids is 1. The number of hydrogen-bond donors (Lipinski definition) is 0. The molecule has 0 unspecified atom stereocenters. The standard InChI is InChI=1S/C16H22N2O4/c1-16(2)13-10(7-8-20-13)14(16)21-12(19)6-5-11-17-15(18-22-11)9-3-4-9/h9-10,13-14H,3-8H2,1-2H3/t10-,13+,14-/m0/s1. The molecule has 3 aliphatic rings. The summed E-state index contributed by atoms with van der Waals surface area (Å²) in [6.07, 6.45) is 4.22. The zero-order valence-corrected chi connectivity index (χ0v) is 13.1. The van der Waals surface area contributed by atoms with Crippen molar-refractivity contribution in [3.8, 4) is 0 Å². The van der Waals surface area contributed by atoms with Crippen LogP contribution in [0.15, 0.2) is 4.52 Å². The number of fused-ring (bicyclic) bond motifs is 1. The first-order valence-corrected chi connectivity index (χ1v) is 8.19. The zero-order chi connectivity index (χ0) is 15.3. The molecule has 2 saturated carbocycles. The Morgan fingerprint density at radius 3 is 2.95 bits per heavy atom. The normalized spacial score (nSPS) is 32.4. The van der Waals surface area contributed by atoms with Crippen molar-refractivity contribution in [3.63, 3.8) is 0 Å². The van der Waals surface area contributed by atoms with Gasteiger partial charge in [-0.15, -0.1) is 0 Å². The van der Waals surface area contributed by atoms with E-state index in [4.69, 9.17) is 14.0 Å². The van der Waals surface area contributed by atoms with Gasteiger partial charge in [0, 0.05) is 30.3 Å². The van der Waals surface area contributed by atoms with Crippen LogP contribution in [0.2, 0.25) is 0 Å². The van der Waals surface area contributed by atoms with Gasteiger partial charge < -0.3 is 14.0 Å². The van der Waals surface area contributed by atoms with Gasteiger partial charge >= 0.3 is 5.97 Å². The molecule has 2 aliphatic carbocycles. The van der Waals surface area contributed by atoms with Gasteiger partial charge in [0.2, 0.25) is 5.89 Å².